The van der Waals surface area contributed by atoms with Crippen LogP contribution in [0.4, 0.5) is 4.79 Å². The highest BCUT2D eigenvalue weighted by Crippen LogP contribution is 2.16. The van der Waals surface area contributed by atoms with Crippen LogP contribution in [0.15, 0.2) is 30.3 Å². The molecule has 1 aliphatic heterocycles. The fourth-order valence-electron chi connectivity index (χ4n) is 1.91. The van der Waals surface area contributed by atoms with Gasteiger partial charge in [-0.2, -0.15) is 0 Å². The summed E-state index contributed by atoms with van der Waals surface area (Å²) in [6.07, 6.45) is 2.96. The van der Waals surface area contributed by atoms with Crippen LogP contribution in [0.1, 0.15) is 18.4 Å². The van der Waals surface area contributed by atoms with Crippen LogP contribution in [0.5, 0.6) is 0 Å². The van der Waals surface area contributed by atoms with Crippen LogP contribution in [0.25, 0.3) is 0 Å². The summed E-state index contributed by atoms with van der Waals surface area (Å²) in [6.45, 7) is 0.815. The first kappa shape index (κ1) is 11.6. The van der Waals surface area contributed by atoms with Crippen LogP contribution in [-0.4, -0.2) is 29.9 Å². The fourth-order valence-corrected chi connectivity index (χ4v) is 1.91. The number of nitrogens with zero attached hydrogens (tertiary/aromatic N) is 1. The molecule has 1 aromatic rings. The molecule has 2 rings (SSSR count). The SMILES string of the molecule is O=[C][C@@H]1CCCN1C(=O)OCc1ccccc1. The zero-order valence-electron chi connectivity index (χ0n) is 9.46. The lowest BCUT2D eigenvalue weighted by Gasteiger charge is -2.19. The maximum Gasteiger partial charge on any atom is 0.410 e. The second-order valence-electron chi connectivity index (χ2n) is 4.01. The number of amides is 1. The van der Waals surface area contributed by atoms with E-state index in [1.807, 2.05) is 36.6 Å². The Morgan fingerprint density at radius 3 is 2.88 bits per heavy atom. The van der Waals surface area contributed by atoms with E-state index in [0.717, 1.165) is 12.0 Å². The van der Waals surface area contributed by atoms with E-state index < -0.39 is 12.1 Å². The van der Waals surface area contributed by atoms with Crippen LogP contribution < -0.4 is 0 Å². The molecule has 0 saturated carbocycles. The molecule has 1 heterocycles. The van der Waals surface area contributed by atoms with Gasteiger partial charge in [0, 0.05) is 6.54 Å². The van der Waals surface area contributed by atoms with E-state index in [1.165, 1.54) is 4.90 Å². The van der Waals surface area contributed by atoms with Crippen molar-refractivity contribution in [3.05, 3.63) is 35.9 Å². The maximum atomic E-state index is 11.7. The summed E-state index contributed by atoms with van der Waals surface area (Å²) in [5.74, 6) is 0. The predicted molar refractivity (Wildman–Crippen MR) is 62.0 cm³/mol. The van der Waals surface area contributed by atoms with E-state index in [4.69, 9.17) is 4.74 Å². The summed E-state index contributed by atoms with van der Waals surface area (Å²) >= 11 is 0. The van der Waals surface area contributed by atoms with Crippen LogP contribution in [0.3, 0.4) is 0 Å². The smallest absolute Gasteiger partial charge is 0.410 e. The Balaban J connectivity index is 1.87. The number of carbonyl (C=O) groups is 1. The number of rotatable bonds is 3. The molecule has 0 bridgehead atoms. The van der Waals surface area contributed by atoms with Gasteiger partial charge in [0.1, 0.15) is 12.6 Å². The van der Waals surface area contributed by atoms with Gasteiger partial charge in [0.25, 0.3) is 0 Å². The second kappa shape index (κ2) is 5.48. The Labute approximate surface area is 100 Å². The van der Waals surface area contributed by atoms with Gasteiger partial charge in [-0.1, -0.05) is 30.3 Å². The summed E-state index contributed by atoms with van der Waals surface area (Å²) in [7, 11) is 0. The van der Waals surface area contributed by atoms with Gasteiger partial charge in [-0.05, 0) is 18.4 Å². The molecule has 1 aromatic carbocycles. The van der Waals surface area contributed by atoms with E-state index in [0.29, 0.717) is 13.0 Å². The quantitative estimate of drug-likeness (QED) is 0.799. The zero-order chi connectivity index (χ0) is 12.1. The summed E-state index contributed by atoms with van der Waals surface area (Å²) < 4.78 is 5.15. The average Bonchev–Trinajstić information content (AvgIpc) is 2.85. The van der Waals surface area contributed by atoms with Gasteiger partial charge < -0.3 is 4.74 Å². The number of benzene rings is 1. The molecule has 1 saturated heterocycles. The van der Waals surface area contributed by atoms with Crippen molar-refractivity contribution in [1.82, 2.24) is 4.90 Å². The third kappa shape index (κ3) is 2.84. The molecule has 0 unspecified atom stereocenters. The molecule has 17 heavy (non-hydrogen) atoms. The highest BCUT2D eigenvalue weighted by atomic mass is 16.6. The van der Waals surface area contributed by atoms with E-state index in [1.54, 1.807) is 0 Å². The number of carbonyl (C=O) groups excluding carboxylic acids is 2. The van der Waals surface area contributed by atoms with Crippen molar-refractivity contribution in [3.63, 3.8) is 0 Å². The minimum atomic E-state index is -0.432. The van der Waals surface area contributed by atoms with Crippen LogP contribution in [-0.2, 0) is 16.1 Å². The van der Waals surface area contributed by atoms with Gasteiger partial charge in [0.2, 0.25) is 6.29 Å². The topological polar surface area (TPSA) is 46.6 Å². The van der Waals surface area contributed by atoms with Gasteiger partial charge in [0.15, 0.2) is 0 Å². The molecular formula is C13H14NO3. The van der Waals surface area contributed by atoms with Gasteiger partial charge in [-0.3, -0.25) is 9.69 Å². The van der Waals surface area contributed by atoms with E-state index in [2.05, 4.69) is 0 Å². The predicted octanol–water partition coefficient (Wildman–Crippen LogP) is 1.90. The lowest BCUT2D eigenvalue weighted by atomic mass is 10.2. The molecule has 0 aliphatic carbocycles. The van der Waals surface area contributed by atoms with Crippen molar-refractivity contribution >= 4 is 12.4 Å². The van der Waals surface area contributed by atoms with Crippen molar-refractivity contribution in [2.45, 2.75) is 25.5 Å². The monoisotopic (exact) mass is 232 g/mol. The zero-order valence-corrected chi connectivity index (χ0v) is 9.46. The summed E-state index contributed by atoms with van der Waals surface area (Å²) in [4.78, 5) is 23.8. The largest absolute Gasteiger partial charge is 0.445 e. The third-order valence-corrected chi connectivity index (χ3v) is 2.83. The van der Waals surface area contributed by atoms with Crippen molar-refractivity contribution in [2.24, 2.45) is 0 Å². The summed E-state index contributed by atoms with van der Waals surface area (Å²) in [6, 6.07) is 9.03. The molecule has 0 aromatic heterocycles. The van der Waals surface area contributed by atoms with Crippen LogP contribution >= 0.6 is 0 Å². The highest BCUT2D eigenvalue weighted by molar-refractivity contribution is 5.74. The molecule has 1 fully saturated rings. The first-order valence-corrected chi connectivity index (χ1v) is 5.66. The second-order valence-corrected chi connectivity index (χ2v) is 4.01. The van der Waals surface area contributed by atoms with Gasteiger partial charge in [0.05, 0.1) is 0 Å². The average molecular weight is 232 g/mol. The minimum Gasteiger partial charge on any atom is -0.445 e. The Morgan fingerprint density at radius 1 is 1.41 bits per heavy atom. The van der Waals surface area contributed by atoms with Crippen molar-refractivity contribution < 1.29 is 14.3 Å². The molecule has 1 amide bonds. The Kier molecular flexibility index (Phi) is 3.75. The molecule has 1 atom stereocenters. The van der Waals surface area contributed by atoms with Crippen LogP contribution in [0.2, 0.25) is 0 Å². The van der Waals surface area contributed by atoms with Crippen molar-refractivity contribution in [1.29, 1.82) is 0 Å². The van der Waals surface area contributed by atoms with Gasteiger partial charge in [-0.25, -0.2) is 4.79 Å². The fraction of sp³-hybridized carbons (Fsp3) is 0.385. The third-order valence-electron chi connectivity index (χ3n) is 2.83. The first-order chi connectivity index (χ1) is 8.31. The van der Waals surface area contributed by atoms with E-state index >= 15 is 0 Å². The Hall–Kier alpha value is -1.84. The maximum absolute atomic E-state index is 11.7. The standard InChI is InChI=1S/C13H14NO3/c15-9-12-7-4-8-14(12)13(16)17-10-11-5-2-1-3-6-11/h1-3,5-6,12H,4,7-8,10H2/t12-/m0/s1. The summed E-state index contributed by atoms with van der Waals surface area (Å²) in [5, 5.41) is 0. The highest BCUT2D eigenvalue weighted by Gasteiger charge is 2.29. The number of hydrogen-bond donors (Lipinski definition) is 0. The Bertz CT molecular complexity index is 391. The van der Waals surface area contributed by atoms with Crippen molar-refractivity contribution in [3.8, 4) is 0 Å². The normalized spacial score (nSPS) is 19.1. The van der Waals surface area contributed by atoms with Crippen molar-refractivity contribution in [2.75, 3.05) is 6.54 Å². The molecule has 0 spiro atoms. The summed E-state index contributed by atoms with van der Waals surface area (Å²) in [5.41, 5.74) is 0.937. The molecule has 1 radical (unpaired) electrons. The Morgan fingerprint density at radius 2 is 2.18 bits per heavy atom. The minimum absolute atomic E-state index is 0.238. The first-order valence-electron chi connectivity index (χ1n) is 5.66. The molecule has 89 valence electrons. The van der Waals surface area contributed by atoms with Gasteiger partial charge in [-0.15, -0.1) is 0 Å². The molecular weight excluding hydrogens is 218 g/mol. The van der Waals surface area contributed by atoms with E-state index in [-0.39, 0.29) is 6.61 Å². The molecule has 1 aliphatic rings. The molecule has 4 heteroatoms. The van der Waals surface area contributed by atoms with E-state index in [9.17, 15) is 9.59 Å². The van der Waals surface area contributed by atoms with Crippen LogP contribution in [0, 0.1) is 0 Å². The molecule has 4 nitrogen and oxygen atoms in total. The molecule has 0 N–H and O–H groups in total. The lowest BCUT2D eigenvalue weighted by Crippen LogP contribution is -2.36. The lowest BCUT2D eigenvalue weighted by molar-refractivity contribution is 0.0989. The number of likely N-dealkylation sites (tertiary alicyclic amines) is 1. The van der Waals surface area contributed by atoms with Gasteiger partial charge >= 0.3 is 6.09 Å². The number of ether oxygens (including phenoxy) is 1. The number of hydrogen-bond acceptors (Lipinski definition) is 3.